The zero-order valence-electron chi connectivity index (χ0n) is 12.5. The molecule has 0 atom stereocenters. The molecule has 0 radical (unpaired) electrons. The number of nitrogens with one attached hydrogen (secondary N) is 1. The minimum atomic E-state index is -0.557. The van der Waals surface area contributed by atoms with E-state index in [0.717, 1.165) is 0 Å². The summed E-state index contributed by atoms with van der Waals surface area (Å²) >= 11 is 0. The first kappa shape index (κ1) is 16.7. The van der Waals surface area contributed by atoms with E-state index >= 15 is 0 Å². The summed E-state index contributed by atoms with van der Waals surface area (Å²) in [5, 5.41) is 25.1. The van der Waals surface area contributed by atoms with E-state index in [-0.39, 0.29) is 16.9 Å². The van der Waals surface area contributed by atoms with Crippen molar-refractivity contribution in [3.05, 3.63) is 79.9 Å². The van der Waals surface area contributed by atoms with Gasteiger partial charge in [0.15, 0.2) is 0 Å². The van der Waals surface area contributed by atoms with E-state index < -0.39 is 15.8 Å². The van der Waals surface area contributed by atoms with E-state index in [0.29, 0.717) is 11.3 Å². The maximum atomic E-state index is 11.9. The Bertz CT molecular complexity index is 813. The summed E-state index contributed by atoms with van der Waals surface area (Å²) in [6, 6.07) is 10.8. The van der Waals surface area contributed by atoms with Crippen LogP contribution in [-0.2, 0) is 0 Å². The summed E-state index contributed by atoms with van der Waals surface area (Å²) in [6.07, 6.45) is 0. The number of carbonyl (C=O) groups excluding carboxylic acids is 1. The van der Waals surface area contributed by atoms with Gasteiger partial charge in [0.05, 0.1) is 15.6 Å². The topological polar surface area (TPSA) is 128 Å². The lowest BCUT2D eigenvalue weighted by molar-refractivity contribution is -0.385. The number of nitro benzene ring substituents is 2. The van der Waals surface area contributed by atoms with Crippen molar-refractivity contribution in [1.82, 2.24) is 5.43 Å². The molecule has 0 unspecified atom stereocenters. The second-order valence-electron chi connectivity index (χ2n) is 4.75. The number of benzene rings is 2. The van der Waals surface area contributed by atoms with Crippen molar-refractivity contribution in [2.24, 2.45) is 5.10 Å². The van der Waals surface area contributed by atoms with Gasteiger partial charge >= 0.3 is 0 Å². The van der Waals surface area contributed by atoms with Crippen molar-refractivity contribution in [2.45, 2.75) is 6.92 Å². The normalized spacial score (nSPS) is 11.0. The van der Waals surface area contributed by atoms with E-state index in [1.807, 2.05) is 0 Å². The predicted octanol–water partition coefficient (Wildman–Crippen LogP) is 2.66. The lowest BCUT2D eigenvalue weighted by atomic mass is 10.1. The largest absolute Gasteiger partial charge is 0.271 e. The van der Waals surface area contributed by atoms with Crippen LogP contribution in [0.2, 0.25) is 0 Å². The lowest BCUT2D eigenvalue weighted by Crippen LogP contribution is -2.19. The van der Waals surface area contributed by atoms with E-state index in [1.54, 1.807) is 6.92 Å². The summed E-state index contributed by atoms with van der Waals surface area (Å²) in [7, 11) is 0. The van der Waals surface area contributed by atoms with Gasteiger partial charge in [-0.1, -0.05) is 0 Å². The third kappa shape index (κ3) is 3.97. The zero-order valence-corrected chi connectivity index (χ0v) is 12.5. The smallest absolute Gasteiger partial charge is 0.267 e. The van der Waals surface area contributed by atoms with Crippen molar-refractivity contribution in [2.75, 3.05) is 0 Å². The van der Waals surface area contributed by atoms with Gasteiger partial charge < -0.3 is 0 Å². The fourth-order valence-corrected chi connectivity index (χ4v) is 1.82. The van der Waals surface area contributed by atoms with Crippen LogP contribution in [0.1, 0.15) is 22.8 Å². The molecule has 24 heavy (non-hydrogen) atoms. The highest BCUT2D eigenvalue weighted by molar-refractivity contribution is 6.01. The Morgan fingerprint density at radius 2 is 1.29 bits per heavy atom. The molecular weight excluding hydrogens is 316 g/mol. The Labute approximate surface area is 135 Å². The number of hydrogen-bond donors (Lipinski definition) is 1. The highest BCUT2D eigenvalue weighted by Crippen LogP contribution is 2.13. The van der Waals surface area contributed by atoms with Crippen LogP contribution in [0.3, 0.4) is 0 Å². The van der Waals surface area contributed by atoms with Crippen LogP contribution in [0.15, 0.2) is 53.6 Å². The van der Waals surface area contributed by atoms with Crippen molar-refractivity contribution in [1.29, 1.82) is 0 Å². The highest BCUT2D eigenvalue weighted by atomic mass is 16.6. The maximum Gasteiger partial charge on any atom is 0.271 e. The molecule has 0 saturated heterocycles. The number of non-ortho nitro benzene ring substituents is 2. The van der Waals surface area contributed by atoms with Crippen LogP contribution in [0.25, 0.3) is 0 Å². The molecule has 0 aliphatic rings. The molecule has 0 aliphatic carbocycles. The molecule has 1 amide bonds. The first-order chi connectivity index (χ1) is 11.4. The van der Waals surface area contributed by atoms with Crippen LogP contribution in [0.5, 0.6) is 0 Å². The molecule has 122 valence electrons. The maximum absolute atomic E-state index is 11.9. The Morgan fingerprint density at radius 1 is 0.875 bits per heavy atom. The molecule has 1 N–H and O–H groups in total. The fraction of sp³-hybridized carbons (Fsp3) is 0.0667. The zero-order chi connectivity index (χ0) is 17.7. The van der Waals surface area contributed by atoms with E-state index in [1.165, 1.54) is 48.5 Å². The Hall–Kier alpha value is -3.62. The number of carbonyl (C=O) groups is 1. The molecule has 0 fully saturated rings. The van der Waals surface area contributed by atoms with Crippen molar-refractivity contribution in [3.63, 3.8) is 0 Å². The van der Waals surface area contributed by atoms with Gasteiger partial charge in [-0.25, -0.2) is 5.43 Å². The SMILES string of the molecule is C/C(=N/NC(=O)c1ccc([N+](=O)[O-])cc1)c1ccc([N+](=O)[O-])cc1. The molecular formula is C15H12N4O5. The number of hydrazone groups is 1. The van der Waals surface area contributed by atoms with Crippen LogP contribution in [-0.4, -0.2) is 21.5 Å². The van der Waals surface area contributed by atoms with Crippen LogP contribution >= 0.6 is 0 Å². The first-order valence-electron chi connectivity index (χ1n) is 6.72. The average Bonchev–Trinajstić information content (AvgIpc) is 2.59. The number of amides is 1. The Morgan fingerprint density at radius 3 is 1.71 bits per heavy atom. The van der Waals surface area contributed by atoms with Gasteiger partial charge in [-0.3, -0.25) is 25.0 Å². The molecule has 9 heteroatoms. The van der Waals surface area contributed by atoms with Gasteiger partial charge in [-0.05, 0) is 36.8 Å². The molecule has 2 rings (SSSR count). The number of rotatable bonds is 5. The van der Waals surface area contributed by atoms with Crippen molar-refractivity contribution in [3.8, 4) is 0 Å². The molecule has 0 heterocycles. The third-order valence-corrected chi connectivity index (χ3v) is 3.16. The quantitative estimate of drug-likeness (QED) is 0.512. The first-order valence-corrected chi connectivity index (χ1v) is 6.72. The Balaban J connectivity index is 2.06. The molecule has 0 spiro atoms. The summed E-state index contributed by atoms with van der Waals surface area (Å²) < 4.78 is 0. The van der Waals surface area contributed by atoms with Crippen LogP contribution in [0.4, 0.5) is 11.4 Å². The number of hydrogen-bond acceptors (Lipinski definition) is 6. The molecule has 0 saturated carbocycles. The van der Waals surface area contributed by atoms with E-state index in [9.17, 15) is 25.0 Å². The summed E-state index contributed by atoms with van der Waals surface area (Å²) in [5.41, 5.74) is 3.47. The van der Waals surface area contributed by atoms with Gasteiger partial charge in [0, 0.05) is 29.8 Å². The Kier molecular flexibility index (Phi) is 4.95. The van der Waals surface area contributed by atoms with Gasteiger partial charge in [0.25, 0.3) is 17.3 Å². The van der Waals surface area contributed by atoms with Gasteiger partial charge in [0.1, 0.15) is 0 Å². The summed E-state index contributed by atoms with van der Waals surface area (Å²) in [6.45, 7) is 1.64. The number of nitrogens with zero attached hydrogens (tertiary/aromatic N) is 3. The molecule has 0 aliphatic heterocycles. The molecule has 2 aromatic carbocycles. The van der Waals surface area contributed by atoms with Gasteiger partial charge in [-0.2, -0.15) is 5.10 Å². The predicted molar refractivity (Wildman–Crippen MR) is 85.9 cm³/mol. The monoisotopic (exact) mass is 328 g/mol. The van der Waals surface area contributed by atoms with E-state index in [4.69, 9.17) is 0 Å². The van der Waals surface area contributed by atoms with Crippen LogP contribution < -0.4 is 5.43 Å². The highest BCUT2D eigenvalue weighted by Gasteiger charge is 2.09. The lowest BCUT2D eigenvalue weighted by Gasteiger charge is -2.03. The van der Waals surface area contributed by atoms with Gasteiger partial charge in [-0.15, -0.1) is 0 Å². The molecule has 9 nitrogen and oxygen atoms in total. The second-order valence-corrected chi connectivity index (χ2v) is 4.75. The van der Waals surface area contributed by atoms with E-state index in [2.05, 4.69) is 10.5 Å². The van der Waals surface area contributed by atoms with Crippen molar-refractivity contribution >= 4 is 23.0 Å². The third-order valence-electron chi connectivity index (χ3n) is 3.16. The molecule has 0 aromatic heterocycles. The number of nitro groups is 2. The standard InChI is InChI=1S/C15H12N4O5/c1-10(11-2-6-13(7-3-11)18(21)22)16-17-15(20)12-4-8-14(9-5-12)19(23)24/h2-9H,1H3,(H,17,20)/b16-10-. The minimum Gasteiger partial charge on any atom is -0.267 e. The molecule has 0 bridgehead atoms. The second kappa shape index (κ2) is 7.09. The van der Waals surface area contributed by atoms with Crippen LogP contribution in [0, 0.1) is 20.2 Å². The van der Waals surface area contributed by atoms with Crippen molar-refractivity contribution < 1.29 is 14.6 Å². The summed E-state index contributed by atoms with van der Waals surface area (Å²) in [4.78, 5) is 32.0. The fourth-order valence-electron chi connectivity index (χ4n) is 1.82. The average molecular weight is 328 g/mol. The molecule has 2 aromatic rings. The minimum absolute atomic E-state index is 0.0403. The summed E-state index contributed by atoms with van der Waals surface area (Å²) in [5.74, 6) is -0.522. The van der Waals surface area contributed by atoms with Gasteiger partial charge in [0.2, 0.25) is 0 Å².